The second kappa shape index (κ2) is 7.40. The molecule has 6 nitrogen and oxygen atoms in total. The molecule has 2 atom stereocenters. The van der Waals surface area contributed by atoms with Crippen LogP contribution in [0, 0.1) is 0 Å². The largest absolute Gasteiger partial charge is 0.357 e. The van der Waals surface area contributed by atoms with Crippen molar-refractivity contribution in [2.45, 2.75) is 75.4 Å². The van der Waals surface area contributed by atoms with Gasteiger partial charge in [-0.25, -0.2) is 0 Å². The normalized spacial score (nSPS) is 31.0. The number of hydrogen-bond donors (Lipinski definition) is 2. The van der Waals surface area contributed by atoms with Crippen molar-refractivity contribution >= 4 is 11.8 Å². The number of hydrogen-bond acceptors (Lipinski definition) is 4. The van der Waals surface area contributed by atoms with Gasteiger partial charge in [0.2, 0.25) is 11.8 Å². The van der Waals surface area contributed by atoms with E-state index < -0.39 is 11.6 Å². The van der Waals surface area contributed by atoms with Crippen LogP contribution in [0.2, 0.25) is 0 Å². The van der Waals surface area contributed by atoms with Gasteiger partial charge in [0.25, 0.3) is 0 Å². The first-order valence-electron chi connectivity index (χ1n) is 9.62. The number of nitrogens with two attached hydrogens (primary N) is 1. The van der Waals surface area contributed by atoms with Crippen molar-refractivity contribution in [1.82, 2.24) is 15.1 Å². The summed E-state index contributed by atoms with van der Waals surface area (Å²) in [6.45, 7) is 2.53. The van der Waals surface area contributed by atoms with E-state index in [0.717, 1.165) is 38.8 Å². The summed E-state index contributed by atoms with van der Waals surface area (Å²) in [7, 11) is 1.63. The van der Waals surface area contributed by atoms with Crippen molar-refractivity contribution in [2.75, 3.05) is 26.7 Å². The van der Waals surface area contributed by atoms with E-state index in [4.69, 9.17) is 5.73 Å². The fraction of sp³-hybridized carbons (Fsp3) is 0.889. The quantitative estimate of drug-likeness (QED) is 0.801. The number of carbonyl (C=O) groups is 2. The molecule has 3 N–H and O–H groups in total. The van der Waals surface area contributed by atoms with Gasteiger partial charge in [0.05, 0.1) is 0 Å². The molecule has 3 rings (SSSR count). The van der Waals surface area contributed by atoms with Crippen molar-refractivity contribution in [3.63, 3.8) is 0 Å². The number of piperidine rings is 1. The molecule has 0 spiro atoms. The van der Waals surface area contributed by atoms with Crippen LogP contribution < -0.4 is 11.1 Å². The van der Waals surface area contributed by atoms with Crippen LogP contribution in [0.25, 0.3) is 0 Å². The predicted molar refractivity (Wildman–Crippen MR) is 93.4 cm³/mol. The smallest absolute Gasteiger partial charge is 0.243 e. The van der Waals surface area contributed by atoms with Crippen molar-refractivity contribution in [3.05, 3.63) is 0 Å². The van der Waals surface area contributed by atoms with Crippen LogP contribution in [0.3, 0.4) is 0 Å². The minimum absolute atomic E-state index is 0.0825. The van der Waals surface area contributed by atoms with Gasteiger partial charge in [-0.2, -0.15) is 0 Å². The highest BCUT2D eigenvalue weighted by atomic mass is 16.2. The second-order valence-electron chi connectivity index (χ2n) is 7.72. The van der Waals surface area contributed by atoms with Crippen molar-refractivity contribution in [3.8, 4) is 0 Å². The molecular weight excluding hydrogens is 304 g/mol. The summed E-state index contributed by atoms with van der Waals surface area (Å²) in [5.74, 6) is 0.0755. The van der Waals surface area contributed by atoms with Gasteiger partial charge in [-0.15, -0.1) is 0 Å². The molecule has 3 fully saturated rings. The Bertz CT molecular complexity index is 470. The third kappa shape index (κ3) is 3.18. The molecule has 0 unspecified atom stereocenters. The fourth-order valence-corrected chi connectivity index (χ4v) is 4.90. The zero-order valence-electron chi connectivity index (χ0n) is 14.9. The topological polar surface area (TPSA) is 78.7 Å². The van der Waals surface area contributed by atoms with E-state index in [2.05, 4.69) is 10.2 Å². The highest BCUT2D eigenvalue weighted by molar-refractivity contribution is 5.93. The molecule has 136 valence electrons. The number of nitrogens with one attached hydrogen (secondary N) is 1. The fourth-order valence-electron chi connectivity index (χ4n) is 4.90. The molecule has 2 heterocycles. The lowest BCUT2D eigenvalue weighted by Gasteiger charge is -2.48. The molecule has 2 aliphatic heterocycles. The van der Waals surface area contributed by atoms with Gasteiger partial charge in [0, 0.05) is 19.6 Å². The average molecular weight is 336 g/mol. The summed E-state index contributed by atoms with van der Waals surface area (Å²) in [4.78, 5) is 30.1. The Balaban J connectivity index is 1.86. The number of carbonyl (C=O) groups excluding carboxylic acids is 2. The summed E-state index contributed by atoms with van der Waals surface area (Å²) in [5.41, 5.74) is 5.72. The summed E-state index contributed by atoms with van der Waals surface area (Å²) in [6.07, 6.45) is 9.45. The van der Waals surface area contributed by atoms with Crippen LogP contribution in [0.4, 0.5) is 0 Å². The lowest BCUT2D eigenvalue weighted by atomic mass is 9.78. The van der Waals surface area contributed by atoms with Gasteiger partial charge >= 0.3 is 0 Å². The van der Waals surface area contributed by atoms with E-state index in [1.165, 1.54) is 25.7 Å². The maximum absolute atomic E-state index is 13.6. The number of amides is 2. The molecule has 6 heteroatoms. The standard InChI is InChI=1S/C18H32N4O2/c1-20-16(23)15-12-14(19)13-22(15)17(24)18(8-4-2-5-9-18)21-10-6-3-7-11-21/h14-15H,2-13,19H2,1H3,(H,20,23)/t14-,15-/m0/s1. The maximum atomic E-state index is 13.6. The van der Waals surface area contributed by atoms with E-state index in [0.29, 0.717) is 13.0 Å². The summed E-state index contributed by atoms with van der Waals surface area (Å²) in [5, 5.41) is 2.71. The number of likely N-dealkylation sites (N-methyl/N-ethyl adjacent to an activating group) is 1. The Labute approximate surface area is 145 Å². The second-order valence-corrected chi connectivity index (χ2v) is 7.72. The molecular formula is C18H32N4O2. The monoisotopic (exact) mass is 336 g/mol. The molecule has 0 aromatic heterocycles. The van der Waals surface area contributed by atoms with E-state index in [1.54, 1.807) is 11.9 Å². The summed E-state index contributed by atoms with van der Waals surface area (Å²) in [6, 6.07) is -0.501. The van der Waals surface area contributed by atoms with E-state index in [1.807, 2.05) is 0 Å². The Morgan fingerprint density at radius 3 is 2.29 bits per heavy atom. The minimum Gasteiger partial charge on any atom is -0.357 e. The van der Waals surface area contributed by atoms with Crippen LogP contribution in [-0.2, 0) is 9.59 Å². The first kappa shape index (κ1) is 17.7. The van der Waals surface area contributed by atoms with Gasteiger partial charge in [-0.05, 0) is 45.2 Å². The number of rotatable bonds is 3. The van der Waals surface area contributed by atoms with Crippen molar-refractivity contribution in [2.24, 2.45) is 5.73 Å². The highest BCUT2D eigenvalue weighted by Crippen LogP contribution is 2.38. The van der Waals surface area contributed by atoms with E-state index in [-0.39, 0.29) is 17.9 Å². The predicted octanol–water partition coefficient (Wildman–Crippen LogP) is 0.849. The minimum atomic E-state index is -0.402. The van der Waals surface area contributed by atoms with E-state index >= 15 is 0 Å². The average Bonchev–Trinajstić information content (AvgIpc) is 3.03. The molecule has 3 aliphatic rings. The molecule has 0 aromatic rings. The molecule has 2 saturated heterocycles. The van der Waals surface area contributed by atoms with E-state index in [9.17, 15) is 9.59 Å². The van der Waals surface area contributed by atoms with Crippen LogP contribution in [0.15, 0.2) is 0 Å². The molecule has 2 amide bonds. The third-order valence-electron chi connectivity index (χ3n) is 6.18. The molecule has 1 saturated carbocycles. The van der Waals surface area contributed by atoms with Crippen LogP contribution in [0.1, 0.15) is 57.8 Å². The Hall–Kier alpha value is -1.14. The zero-order chi connectivity index (χ0) is 17.2. The summed E-state index contributed by atoms with van der Waals surface area (Å²) < 4.78 is 0. The first-order valence-corrected chi connectivity index (χ1v) is 9.62. The molecule has 24 heavy (non-hydrogen) atoms. The third-order valence-corrected chi connectivity index (χ3v) is 6.18. The van der Waals surface area contributed by atoms with Gasteiger partial charge in [-0.1, -0.05) is 25.7 Å². The number of nitrogens with zero attached hydrogens (tertiary/aromatic N) is 2. The van der Waals surface area contributed by atoms with Crippen molar-refractivity contribution in [1.29, 1.82) is 0 Å². The molecule has 0 aromatic carbocycles. The number of likely N-dealkylation sites (tertiary alicyclic amines) is 2. The van der Waals surface area contributed by atoms with Crippen LogP contribution >= 0.6 is 0 Å². The highest BCUT2D eigenvalue weighted by Gasteiger charge is 2.50. The SMILES string of the molecule is CNC(=O)[C@@H]1C[C@H](N)CN1C(=O)C1(N2CCCCC2)CCCCC1. The lowest BCUT2D eigenvalue weighted by Crippen LogP contribution is -2.63. The molecule has 0 radical (unpaired) electrons. The maximum Gasteiger partial charge on any atom is 0.243 e. The Morgan fingerprint density at radius 1 is 1.04 bits per heavy atom. The molecule has 1 aliphatic carbocycles. The Morgan fingerprint density at radius 2 is 1.67 bits per heavy atom. The van der Waals surface area contributed by atoms with Crippen LogP contribution in [0.5, 0.6) is 0 Å². The van der Waals surface area contributed by atoms with Crippen molar-refractivity contribution < 1.29 is 9.59 Å². The van der Waals surface area contributed by atoms with Crippen LogP contribution in [-0.4, -0.2) is 65.9 Å². The first-order chi connectivity index (χ1) is 11.6. The van der Waals surface area contributed by atoms with Gasteiger partial charge in [0.1, 0.15) is 11.6 Å². The van der Waals surface area contributed by atoms with Gasteiger partial charge in [-0.3, -0.25) is 14.5 Å². The van der Waals surface area contributed by atoms with Gasteiger partial charge in [0.15, 0.2) is 0 Å². The molecule has 0 bridgehead atoms. The lowest BCUT2D eigenvalue weighted by molar-refractivity contribution is -0.152. The Kier molecular flexibility index (Phi) is 5.45. The van der Waals surface area contributed by atoms with Gasteiger partial charge < -0.3 is 16.0 Å². The zero-order valence-corrected chi connectivity index (χ0v) is 14.9. The summed E-state index contributed by atoms with van der Waals surface area (Å²) >= 11 is 0.